The van der Waals surface area contributed by atoms with Gasteiger partial charge in [-0.1, -0.05) is 11.3 Å². The van der Waals surface area contributed by atoms with Crippen LogP contribution in [-0.4, -0.2) is 21.6 Å². The van der Waals surface area contributed by atoms with E-state index in [1.165, 1.54) is 17.5 Å². The van der Waals surface area contributed by atoms with Crippen molar-refractivity contribution in [3.63, 3.8) is 0 Å². The smallest absolute Gasteiger partial charge is 0.270 e. The first-order valence-corrected chi connectivity index (χ1v) is 6.73. The van der Waals surface area contributed by atoms with E-state index in [0.717, 1.165) is 28.4 Å². The maximum absolute atomic E-state index is 13.2. The first kappa shape index (κ1) is 13.4. The molecule has 106 valence electrons. The first-order chi connectivity index (χ1) is 9.97. The molecule has 0 N–H and O–H groups in total. The summed E-state index contributed by atoms with van der Waals surface area (Å²) in [4.78, 5) is 35.3. The molecule has 8 heteroatoms. The number of carbonyl (C=O) groups is 2. The van der Waals surface area contributed by atoms with Crippen molar-refractivity contribution in [2.45, 2.75) is 6.54 Å². The Balaban J connectivity index is 1.89. The van der Waals surface area contributed by atoms with E-state index in [1.807, 2.05) is 0 Å². The Morgan fingerprint density at radius 1 is 1.19 bits per heavy atom. The van der Waals surface area contributed by atoms with Crippen LogP contribution in [0.4, 0.5) is 9.39 Å². The van der Waals surface area contributed by atoms with Crippen LogP contribution in [0.15, 0.2) is 29.6 Å². The van der Waals surface area contributed by atoms with Crippen LogP contribution < -0.4 is 0 Å². The molecule has 21 heavy (non-hydrogen) atoms. The lowest BCUT2D eigenvalue weighted by Crippen LogP contribution is -2.28. The summed E-state index contributed by atoms with van der Waals surface area (Å²) in [5.41, 5.74) is 0.650. The lowest BCUT2D eigenvalue weighted by atomic mass is 10.1. The van der Waals surface area contributed by atoms with Gasteiger partial charge in [-0.15, -0.1) is 0 Å². The average molecular weight is 306 g/mol. The van der Waals surface area contributed by atoms with Gasteiger partial charge in [-0.2, -0.15) is 0 Å². The quantitative estimate of drug-likeness (QED) is 0.496. The van der Waals surface area contributed by atoms with Gasteiger partial charge in [0.1, 0.15) is 5.82 Å². The number of hydrogen-bond acceptors (Lipinski definition) is 5. The number of nitro groups is 1. The maximum Gasteiger partial charge on any atom is 0.324 e. The van der Waals surface area contributed by atoms with Crippen LogP contribution >= 0.6 is 11.3 Å². The summed E-state index contributed by atoms with van der Waals surface area (Å²) in [6, 6.07) is 4.71. The lowest BCUT2D eigenvalue weighted by molar-refractivity contribution is -0.380. The number of nitrogens with zero attached hydrogens (tertiary/aromatic N) is 2. The van der Waals surface area contributed by atoms with Crippen LogP contribution in [0.2, 0.25) is 0 Å². The summed E-state index contributed by atoms with van der Waals surface area (Å²) in [6.45, 7) is -0.0711. The molecule has 0 spiro atoms. The van der Waals surface area contributed by atoms with E-state index in [9.17, 15) is 24.1 Å². The second kappa shape index (κ2) is 4.74. The fraction of sp³-hybridized carbons (Fsp3) is 0.0769. The molecule has 2 heterocycles. The van der Waals surface area contributed by atoms with Gasteiger partial charge in [-0.3, -0.25) is 24.6 Å². The zero-order chi connectivity index (χ0) is 15.1. The van der Waals surface area contributed by atoms with Crippen LogP contribution in [0, 0.1) is 15.9 Å². The molecule has 0 unspecified atom stereocenters. The Kier molecular flexibility index (Phi) is 3.02. The molecule has 0 atom stereocenters. The molecule has 1 aromatic heterocycles. The predicted octanol–water partition coefficient (Wildman–Crippen LogP) is 2.59. The van der Waals surface area contributed by atoms with Gasteiger partial charge in [0.25, 0.3) is 11.8 Å². The number of carbonyl (C=O) groups excluding carboxylic acids is 2. The van der Waals surface area contributed by atoms with Crippen LogP contribution in [0.25, 0.3) is 0 Å². The molecule has 0 aliphatic carbocycles. The average Bonchev–Trinajstić information content (AvgIpc) is 2.99. The molecule has 6 nitrogen and oxygen atoms in total. The predicted molar refractivity (Wildman–Crippen MR) is 71.6 cm³/mol. The van der Waals surface area contributed by atoms with Crippen molar-refractivity contribution in [2.24, 2.45) is 0 Å². The molecule has 0 fully saturated rings. The van der Waals surface area contributed by atoms with E-state index in [1.54, 1.807) is 0 Å². The standard InChI is InChI=1S/C13H7FN2O4S/c14-8-1-2-9-10(4-8)13(18)15(12(9)17)5-7-3-11(16(19)20)21-6-7/h1-4,6H,5H2. The minimum Gasteiger partial charge on any atom is -0.270 e. The van der Waals surface area contributed by atoms with Crippen molar-refractivity contribution >= 4 is 28.2 Å². The zero-order valence-corrected chi connectivity index (χ0v) is 11.2. The van der Waals surface area contributed by atoms with Crippen molar-refractivity contribution in [3.05, 3.63) is 62.3 Å². The summed E-state index contributed by atoms with van der Waals surface area (Å²) < 4.78 is 13.2. The number of thiophene rings is 1. The number of rotatable bonds is 3. The number of fused-ring (bicyclic) bond motifs is 1. The zero-order valence-electron chi connectivity index (χ0n) is 10.4. The van der Waals surface area contributed by atoms with Crippen molar-refractivity contribution < 1.29 is 18.9 Å². The molecular formula is C13H7FN2O4S. The van der Waals surface area contributed by atoms with Crippen molar-refractivity contribution in [3.8, 4) is 0 Å². The van der Waals surface area contributed by atoms with Crippen LogP contribution in [0.3, 0.4) is 0 Å². The normalized spacial score (nSPS) is 13.7. The van der Waals surface area contributed by atoms with Gasteiger partial charge in [0.15, 0.2) is 0 Å². The highest BCUT2D eigenvalue weighted by Gasteiger charge is 2.36. The Morgan fingerprint density at radius 2 is 1.90 bits per heavy atom. The van der Waals surface area contributed by atoms with E-state index < -0.39 is 22.6 Å². The largest absolute Gasteiger partial charge is 0.324 e. The summed E-state index contributed by atoms with van der Waals surface area (Å²) in [6.07, 6.45) is 0. The van der Waals surface area contributed by atoms with E-state index in [-0.39, 0.29) is 22.7 Å². The molecule has 2 aromatic rings. The fourth-order valence-electron chi connectivity index (χ4n) is 2.13. The van der Waals surface area contributed by atoms with Crippen LogP contribution in [0.5, 0.6) is 0 Å². The molecular weight excluding hydrogens is 299 g/mol. The van der Waals surface area contributed by atoms with Gasteiger partial charge >= 0.3 is 5.00 Å². The molecule has 2 amide bonds. The van der Waals surface area contributed by atoms with Gasteiger partial charge in [0, 0.05) is 11.4 Å². The minimum atomic E-state index is -0.595. The Labute approximate surface area is 121 Å². The third kappa shape index (κ3) is 2.19. The highest BCUT2D eigenvalue weighted by atomic mass is 32.1. The molecule has 1 aliphatic rings. The third-order valence-corrected chi connectivity index (χ3v) is 4.02. The second-order valence-electron chi connectivity index (χ2n) is 4.44. The number of hydrogen-bond donors (Lipinski definition) is 0. The highest BCUT2D eigenvalue weighted by molar-refractivity contribution is 7.13. The van der Waals surface area contributed by atoms with Gasteiger partial charge < -0.3 is 0 Å². The number of halogens is 1. The van der Waals surface area contributed by atoms with Gasteiger partial charge in [-0.25, -0.2) is 4.39 Å². The second-order valence-corrected chi connectivity index (χ2v) is 5.33. The molecule has 0 radical (unpaired) electrons. The monoisotopic (exact) mass is 306 g/mol. The Morgan fingerprint density at radius 3 is 2.57 bits per heavy atom. The van der Waals surface area contributed by atoms with Gasteiger partial charge in [-0.05, 0) is 23.8 Å². The van der Waals surface area contributed by atoms with Gasteiger partial charge in [0.05, 0.1) is 22.6 Å². The Bertz CT molecular complexity index is 786. The lowest BCUT2D eigenvalue weighted by Gasteiger charge is -2.11. The van der Waals surface area contributed by atoms with E-state index in [0.29, 0.717) is 5.56 Å². The molecule has 0 saturated heterocycles. The fourth-order valence-corrected chi connectivity index (χ4v) is 2.85. The van der Waals surface area contributed by atoms with Crippen molar-refractivity contribution in [1.29, 1.82) is 0 Å². The summed E-state index contributed by atoms with van der Waals surface area (Å²) in [7, 11) is 0. The molecule has 0 saturated carbocycles. The van der Waals surface area contributed by atoms with Crippen LogP contribution in [-0.2, 0) is 6.54 Å². The van der Waals surface area contributed by atoms with Crippen molar-refractivity contribution in [2.75, 3.05) is 0 Å². The SMILES string of the molecule is O=C1c2ccc(F)cc2C(=O)N1Cc1csc([N+](=O)[O-])c1. The molecule has 1 aromatic carbocycles. The molecule has 1 aliphatic heterocycles. The molecule has 3 rings (SSSR count). The Hall–Kier alpha value is -2.61. The molecule has 0 bridgehead atoms. The summed E-state index contributed by atoms with van der Waals surface area (Å²) in [5, 5.41) is 12.1. The van der Waals surface area contributed by atoms with E-state index >= 15 is 0 Å². The third-order valence-electron chi connectivity index (χ3n) is 3.09. The van der Waals surface area contributed by atoms with E-state index in [2.05, 4.69) is 0 Å². The van der Waals surface area contributed by atoms with E-state index in [4.69, 9.17) is 0 Å². The number of imide groups is 1. The van der Waals surface area contributed by atoms with Gasteiger partial charge in [0.2, 0.25) is 0 Å². The summed E-state index contributed by atoms with van der Waals surface area (Å²) in [5.74, 6) is -1.71. The highest BCUT2D eigenvalue weighted by Crippen LogP contribution is 2.28. The maximum atomic E-state index is 13.2. The summed E-state index contributed by atoms with van der Waals surface area (Å²) >= 11 is 0.921. The van der Waals surface area contributed by atoms with Crippen LogP contribution in [0.1, 0.15) is 26.3 Å². The minimum absolute atomic E-state index is 0.0183. The first-order valence-electron chi connectivity index (χ1n) is 5.85. The number of benzene rings is 1. The van der Waals surface area contributed by atoms with Crippen molar-refractivity contribution in [1.82, 2.24) is 4.90 Å². The topological polar surface area (TPSA) is 80.5 Å². The number of amides is 2.